The summed E-state index contributed by atoms with van der Waals surface area (Å²) in [5, 5.41) is 2.41. The SMILES string of the molecule is c1ccc(N(c2ccccn2)c2cc3c(s2)c2ccccc2n3-c2ccccc2)cc1. The van der Waals surface area contributed by atoms with Gasteiger partial charge in [-0.15, -0.1) is 11.3 Å². The summed E-state index contributed by atoms with van der Waals surface area (Å²) in [6.07, 6.45) is 1.85. The van der Waals surface area contributed by atoms with Crippen molar-refractivity contribution in [3.63, 3.8) is 0 Å². The van der Waals surface area contributed by atoms with Gasteiger partial charge in [-0.05, 0) is 48.5 Å². The number of para-hydroxylation sites is 3. The predicted molar refractivity (Wildman–Crippen MR) is 131 cm³/mol. The van der Waals surface area contributed by atoms with Crippen LogP contribution in [-0.2, 0) is 0 Å². The Balaban J connectivity index is 1.63. The number of thiophene rings is 1. The largest absolute Gasteiger partial charge is 0.308 e. The zero-order valence-electron chi connectivity index (χ0n) is 16.7. The van der Waals surface area contributed by atoms with Gasteiger partial charge in [-0.1, -0.05) is 60.7 Å². The second-order valence-electron chi connectivity index (χ2n) is 7.35. The average molecular weight is 418 g/mol. The molecule has 148 valence electrons. The molecule has 0 radical (unpaired) electrons. The average Bonchev–Trinajstić information content (AvgIpc) is 3.38. The fourth-order valence-electron chi connectivity index (χ4n) is 4.12. The molecule has 0 saturated heterocycles. The third-order valence-electron chi connectivity index (χ3n) is 5.46. The Morgan fingerprint density at radius 2 is 1.39 bits per heavy atom. The zero-order valence-corrected chi connectivity index (χ0v) is 17.5. The van der Waals surface area contributed by atoms with Crippen LogP contribution in [0.5, 0.6) is 0 Å². The van der Waals surface area contributed by atoms with E-state index in [9.17, 15) is 0 Å². The molecule has 0 saturated carbocycles. The van der Waals surface area contributed by atoms with Crippen molar-refractivity contribution < 1.29 is 0 Å². The van der Waals surface area contributed by atoms with Crippen molar-refractivity contribution in [2.24, 2.45) is 0 Å². The number of hydrogen-bond acceptors (Lipinski definition) is 3. The molecule has 0 atom stereocenters. The van der Waals surface area contributed by atoms with Crippen LogP contribution in [0.4, 0.5) is 16.5 Å². The molecular weight excluding hydrogens is 398 g/mol. The third kappa shape index (κ3) is 3.00. The molecule has 6 rings (SSSR count). The van der Waals surface area contributed by atoms with E-state index >= 15 is 0 Å². The van der Waals surface area contributed by atoms with Gasteiger partial charge < -0.3 is 4.57 Å². The van der Waals surface area contributed by atoms with Gasteiger partial charge in [0.05, 0.1) is 15.7 Å². The van der Waals surface area contributed by atoms with E-state index in [1.807, 2.05) is 24.4 Å². The number of rotatable bonds is 4. The standard InChI is InChI=1S/C27H19N3S/c1-3-11-20(12-4-1)29-23-16-8-7-15-22(23)27-24(29)19-26(31-27)30(21-13-5-2-6-14-21)25-17-9-10-18-28-25/h1-19H. The molecule has 31 heavy (non-hydrogen) atoms. The van der Waals surface area contributed by atoms with Gasteiger partial charge in [0.15, 0.2) is 0 Å². The number of benzene rings is 3. The molecule has 0 amide bonds. The molecule has 0 unspecified atom stereocenters. The molecule has 4 heteroatoms. The Hall–Kier alpha value is -3.89. The van der Waals surface area contributed by atoms with Crippen LogP contribution in [0.2, 0.25) is 0 Å². The first-order valence-corrected chi connectivity index (χ1v) is 11.1. The maximum Gasteiger partial charge on any atom is 0.138 e. The first-order valence-electron chi connectivity index (χ1n) is 10.2. The lowest BCUT2D eigenvalue weighted by Crippen LogP contribution is -2.09. The quantitative estimate of drug-likeness (QED) is 0.293. The van der Waals surface area contributed by atoms with Crippen LogP contribution in [0.3, 0.4) is 0 Å². The highest BCUT2D eigenvalue weighted by Crippen LogP contribution is 2.45. The zero-order chi connectivity index (χ0) is 20.6. The lowest BCUT2D eigenvalue weighted by molar-refractivity contribution is 1.17. The van der Waals surface area contributed by atoms with Gasteiger partial charge in [-0.3, -0.25) is 4.90 Å². The molecule has 3 aromatic heterocycles. The van der Waals surface area contributed by atoms with Crippen LogP contribution in [0.25, 0.3) is 26.8 Å². The summed E-state index contributed by atoms with van der Waals surface area (Å²) in [6.45, 7) is 0. The smallest absolute Gasteiger partial charge is 0.138 e. The Labute approximate surface area is 184 Å². The van der Waals surface area contributed by atoms with E-state index < -0.39 is 0 Å². The van der Waals surface area contributed by atoms with Crippen molar-refractivity contribution in [2.45, 2.75) is 0 Å². The van der Waals surface area contributed by atoms with Gasteiger partial charge in [-0.2, -0.15) is 0 Å². The summed E-state index contributed by atoms with van der Waals surface area (Å²) in [5.74, 6) is 0.910. The number of anilines is 3. The van der Waals surface area contributed by atoms with Crippen LogP contribution in [0.15, 0.2) is 115 Å². The van der Waals surface area contributed by atoms with E-state index in [2.05, 4.69) is 105 Å². The molecule has 0 aliphatic carbocycles. The minimum atomic E-state index is 0.910. The number of hydrogen-bond donors (Lipinski definition) is 0. The summed E-state index contributed by atoms with van der Waals surface area (Å²) in [5.41, 5.74) is 4.71. The van der Waals surface area contributed by atoms with Crippen LogP contribution >= 0.6 is 11.3 Å². The Morgan fingerprint density at radius 3 is 2.16 bits per heavy atom. The molecule has 0 fully saturated rings. The van der Waals surface area contributed by atoms with Crippen molar-refractivity contribution in [1.82, 2.24) is 9.55 Å². The fourth-order valence-corrected chi connectivity index (χ4v) is 5.33. The highest BCUT2D eigenvalue weighted by Gasteiger charge is 2.20. The predicted octanol–water partition coefficient (Wildman–Crippen LogP) is 7.71. The Bertz CT molecular complexity index is 1430. The summed E-state index contributed by atoms with van der Waals surface area (Å²) < 4.78 is 3.64. The van der Waals surface area contributed by atoms with E-state index in [1.54, 1.807) is 11.3 Å². The van der Waals surface area contributed by atoms with Crippen molar-refractivity contribution in [3.05, 3.63) is 115 Å². The molecule has 0 bridgehead atoms. The van der Waals surface area contributed by atoms with E-state index in [-0.39, 0.29) is 0 Å². The monoisotopic (exact) mass is 417 g/mol. The second kappa shape index (κ2) is 7.42. The van der Waals surface area contributed by atoms with Crippen LogP contribution < -0.4 is 4.90 Å². The van der Waals surface area contributed by atoms with Gasteiger partial charge >= 0.3 is 0 Å². The highest BCUT2D eigenvalue weighted by molar-refractivity contribution is 7.23. The van der Waals surface area contributed by atoms with E-state index in [4.69, 9.17) is 0 Å². The molecule has 6 aromatic rings. The minimum absolute atomic E-state index is 0.910. The Morgan fingerprint density at radius 1 is 0.677 bits per heavy atom. The van der Waals surface area contributed by atoms with E-state index in [0.29, 0.717) is 0 Å². The molecule has 3 heterocycles. The van der Waals surface area contributed by atoms with Gasteiger partial charge in [0.1, 0.15) is 10.8 Å². The molecule has 3 aromatic carbocycles. The van der Waals surface area contributed by atoms with Crippen molar-refractivity contribution in [3.8, 4) is 5.69 Å². The lowest BCUT2D eigenvalue weighted by Gasteiger charge is -2.22. The third-order valence-corrected chi connectivity index (χ3v) is 6.60. The summed E-state index contributed by atoms with van der Waals surface area (Å²) in [6, 6.07) is 38.0. The fraction of sp³-hybridized carbons (Fsp3) is 0. The highest BCUT2D eigenvalue weighted by atomic mass is 32.1. The number of pyridine rings is 1. The number of fused-ring (bicyclic) bond motifs is 3. The minimum Gasteiger partial charge on any atom is -0.308 e. The molecule has 3 nitrogen and oxygen atoms in total. The summed E-state index contributed by atoms with van der Waals surface area (Å²) >= 11 is 1.81. The van der Waals surface area contributed by atoms with Crippen LogP contribution in [0.1, 0.15) is 0 Å². The van der Waals surface area contributed by atoms with Gasteiger partial charge in [0, 0.05) is 23.0 Å². The van der Waals surface area contributed by atoms with E-state index in [0.717, 1.165) is 16.5 Å². The van der Waals surface area contributed by atoms with Gasteiger partial charge in [0.2, 0.25) is 0 Å². The van der Waals surface area contributed by atoms with Gasteiger partial charge in [-0.25, -0.2) is 4.98 Å². The summed E-state index contributed by atoms with van der Waals surface area (Å²) in [7, 11) is 0. The number of nitrogens with zero attached hydrogens (tertiary/aromatic N) is 3. The topological polar surface area (TPSA) is 21.1 Å². The molecule has 0 spiro atoms. The van der Waals surface area contributed by atoms with Crippen molar-refractivity contribution >= 4 is 49.0 Å². The Kier molecular flexibility index (Phi) is 4.29. The van der Waals surface area contributed by atoms with Crippen LogP contribution in [-0.4, -0.2) is 9.55 Å². The molecule has 0 N–H and O–H groups in total. The van der Waals surface area contributed by atoms with Gasteiger partial charge in [0.25, 0.3) is 0 Å². The second-order valence-corrected chi connectivity index (χ2v) is 8.38. The molecular formula is C27H19N3S. The first kappa shape index (κ1) is 17.9. The van der Waals surface area contributed by atoms with Crippen molar-refractivity contribution in [1.29, 1.82) is 0 Å². The maximum absolute atomic E-state index is 4.66. The van der Waals surface area contributed by atoms with Crippen molar-refractivity contribution in [2.75, 3.05) is 4.90 Å². The first-order chi connectivity index (χ1) is 15.4. The van der Waals surface area contributed by atoms with E-state index in [1.165, 1.54) is 26.8 Å². The maximum atomic E-state index is 4.66. The normalized spacial score (nSPS) is 11.2. The molecule has 0 aliphatic heterocycles. The lowest BCUT2D eigenvalue weighted by atomic mass is 10.2. The molecule has 0 aliphatic rings. The summed E-state index contributed by atoms with van der Waals surface area (Å²) in [4.78, 5) is 6.89. The number of aromatic nitrogens is 2. The van der Waals surface area contributed by atoms with Crippen LogP contribution in [0, 0.1) is 0 Å².